The van der Waals surface area contributed by atoms with Crippen LogP contribution in [0.1, 0.15) is 11.1 Å². The first-order valence-electron chi connectivity index (χ1n) is 8.75. The smallest absolute Gasteiger partial charge is 0.310 e. The van der Waals surface area contributed by atoms with Crippen LogP contribution in [0.4, 0.5) is 4.39 Å². The quantitative estimate of drug-likeness (QED) is 0.653. The topological polar surface area (TPSA) is 55.4 Å². The van der Waals surface area contributed by atoms with E-state index in [1.165, 1.54) is 12.1 Å². The van der Waals surface area contributed by atoms with Gasteiger partial charge < -0.3 is 10.1 Å². The van der Waals surface area contributed by atoms with E-state index in [0.717, 1.165) is 21.9 Å². The fourth-order valence-corrected chi connectivity index (χ4v) is 2.85. The predicted octanol–water partition coefficient (Wildman–Crippen LogP) is 3.42. The van der Waals surface area contributed by atoms with Crippen molar-refractivity contribution in [1.29, 1.82) is 0 Å². The van der Waals surface area contributed by atoms with Crippen LogP contribution in [-0.2, 0) is 27.2 Å². The van der Waals surface area contributed by atoms with Gasteiger partial charge in [0.15, 0.2) is 6.61 Å². The molecule has 0 heterocycles. The molecule has 0 saturated heterocycles. The van der Waals surface area contributed by atoms with Crippen molar-refractivity contribution in [2.45, 2.75) is 12.8 Å². The molecule has 0 aromatic heterocycles. The van der Waals surface area contributed by atoms with Crippen molar-refractivity contribution >= 4 is 22.6 Å². The number of amides is 1. The number of rotatable bonds is 7. The fourth-order valence-electron chi connectivity index (χ4n) is 2.85. The zero-order chi connectivity index (χ0) is 19.1. The molecule has 0 fully saturated rings. The van der Waals surface area contributed by atoms with Gasteiger partial charge in [-0.05, 0) is 40.5 Å². The van der Waals surface area contributed by atoms with Gasteiger partial charge >= 0.3 is 5.97 Å². The van der Waals surface area contributed by atoms with Crippen molar-refractivity contribution in [2.24, 2.45) is 0 Å². The standard InChI is InChI=1S/C22H20FNO3/c23-19-10-8-16(9-11-19)12-13-24-21(25)15-27-22(26)14-18-6-3-5-17-4-1-2-7-20(17)18/h1-11H,12-15H2,(H,24,25). The Kier molecular flexibility index (Phi) is 6.15. The summed E-state index contributed by atoms with van der Waals surface area (Å²) in [6, 6.07) is 19.7. The first-order valence-corrected chi connectivity index (χ1v) is 8.75. The summed E-state index contributed by atoms with van der Waals surface area (Å²) >= 11 is 0. The third kappa shape index (κ3) is 5.38. The van der Waals surface area contributed by atoms with E-state index >= 15 is 0 Å². The minimum atomic E-state index is -0.444. The average Bonchev–Trinajstić information content (AvgIpc) is 2.68. The minimum absolute atomic E-state index is 0.115. The SMILES string of the molecule is O=C(COC(=O)Cc1cccc2ccccc12)NCCc1ccc(F)cc1. The molecule has 27 heavy (non-hydrogen) atoms. The monoisotopic (exact) mass is 365 g/mol. The molecule has 0 saturated carbocycles. The van der Waals surface area contributed by atoms with Gasteiger partial charge in [0.1, 0.15) is 5.82 Å². The van der Waals surface area contributed by atoms with E-state index < -0.39 is 5.97 Å². The second-order valence-corrected chi connectivity index (χ2v) is 6.20. The molecule has 0 aliphatic heterocycles. The molecular formula is C22H20FNO3. The van der Waals surface area contributed by atoms with E-state index in [2.05, 4.69) is 5.32 Å². The number of ether oxygens (including phenoxy) is 1. The largest absolute Gasteiger partial charge is 0.455 e. The van der Waals surface area contributed by atoms with Crippen LogP contribution < -0.4 is 5.32 Å². The second-order valence-electron chi connectivity index (χ2n) is 6.20. The van der Waals surface area contributed by atoms with Gasteiger partial charge in [0.2, 0.25) is 0 Å². The van der Waals surface area contributed by atoms with Crippen LogP contribution in [0.3, 0.4) is 0 Å². The summed E-state index contributed by atoms with van der Waals surface area (Å²) < 4.78 is 17.9. The number of carbonyl (C=O) groups excluding carboxylic acids is 2. The Bertz CT molecular complexity index is 932. The third-order valence-corrected chi connectivity index (χ3v) is 4.23. The zero-order valence-electron chi connectivity index (χ0n) is 14.8. The van der Waals surface area contributed by atoms with Crippen molar-refractivity contribution in [1.82, 2.24) is 5.32 Å². The molecule has 3 aromatic rings. The Morgan fingerprint density at radius 1 is 0.926 bits per heavy atom. The summed E-state index contributed by atoms with van der Waals surface area (Å²) in [5.74, 6) is -1.09. The lowest BCUT2D eigenvalue weighted by Gasteiger charge is -2.08. The van der Waals surface area contributed by atoms with Crippen molar-refractivity contribution in [3.8, 4) is 0 Å². The Morgan fingerprint density at radius 2 is 1.67 bits per heavy atom. The molecule has 0 atom stereocenters. The molecule has 4 nitrogen and oxygen atoms in total. The van der Waals surface area contributed by atoms with E-state index in [1.54, 1.807) is 12.1 Å². The van der Waals surface area contributed by atoms with Crippen molar-refractivity contribution in [3.63, 3.8) is 0 Å². The lowest BCUT2D eigenvalue weighted by molar-refractivity contribution is -0.147. The van der Waals surface area contributed by atoms with Crippen LogP contribution in [0.15, 0.2) is 66.7 Å². The van der Waals surface area contributed by atoms with Crippen LogP contribution in [0.5, 0.6) is 0 Å². The summed E-state index contributed by atoms with van der Waals surface area (Å²) in [5, 5.41) is 4.74. The molecular weight excluding hydrogens is 345 g/mol. The van der Waals surface area contributed by atoms with Gasteiger partial charge in [0.05, 0.1) is 6.42 Å². The fraction of sp³-hybridized carbons (Fsp3) is 0.182. The Morgan fingerprint density at radius 3 is 2.48 bits per heavy atom. The van der Waals surface area contributed by atoms with Gasteiger partial charge in [-0.15, -0.1) is 0 Å². The molecule has 5 heteroatoms. The first kappa shape index (κ1) is 18.6. The maximum Gasteiger partial charge on any atom is 0.310 e. The van der Waals surface area contributed by atoms with Crippen LogP contribution >= 0.6 is 0 Å². The summed E-state index contributed by atoms with van der Waals surface area (Å²) in [5.41, 5.74) is 1.79. The molecule has 0 radical (unpaired) electrons. The van der Waals surface area contributed by atoms with Gasteiger partial charge in [0.25, 0.3) is 5.91 Å². The molecule has 0 bridgehead atoms. The van der Waals surface area contributed by atoms with E-state index in [-0.39, 0.29) is 24.8 Å². The number of esters is 1. The molecule has 1 N–H and O–H groups in total. The maximum atomic E-state index is 12.8. The lowest BCUT2D eigenvalue weighted by Crippen LogP contribution is -2.30. The van der Waals surface area contributed by atoms with Crippen LogP contribution in [-0.4, -0.2) is 25.0 Å². The summed E-state index contributed by atoms with van der Waals surface area (Å²) in [7, 11) is 0. The highest BCUT2D eigenvalue weighted by molar-refractivity contribution is 5.89. The zero-order valence-corrected chi connectivity index (χ0v) is 14.8. The summed E-state index contributed by atoms with van der Waals surface area (Å²) in [6.45, 7) is 0.0817. The normalized spacial score (nSPS) is 10.6. The molecule has 138 valence electrons. The van der Waals surface area contributed by atoms with Crippen molar-refractivity contribution in [3.05, 3.63) is 83.7 Å². The number of nitrogens with one attached hydrogen (secondary N) is 1. The highest BCUT2D eigenvalue weighted by atomic mass is 19.1. The first-order chi connectivity index (χ1) is 13.1. The van der Waals surface area contributed by atoms with E-state index in [0.29, 0.717) is 13.0 Å². The molecule has 1 amide bonds. The molecule has 0 aliphatic rings. The van der Waals surface area contributed by atoms with E-state index in [1.807, 2.05) is 42.5 Å². The van der Waals surface area contributed by atoms with Gasteiger partial charge in [0, 0.05) is 6.54 Å². The number of halogens is 1. The molecule has 3 aromatic carbocycles. The van der Waals surface area contributed by atoms with Gasteiger partial charge in [-0.3, -0.25) is 9.59 Å². The van der Waals surface area contributed by atoms with Crippen LogP contribution in [0.25, 0.3) is 10.8 Å². The predicted molar refractivity (Wildman–Crippen MR) is 102 cm³/mol. The number of hydrogen-bond donors (Lipinski definition) is 1. The lowest BCUT2D eigenvalue weighted by atomic mass is 10.0. The third-order valence-electron chi connectivity index (χ3n) is 4.23. The van der Waals surface area contributed by atoms with Crippen LogP contribution in [0, 0.1) is 5.82 Å². The summed E-state index contributed by atoms with van der Waals surface area (Å²) in [6.07, 6.45) is 0.695. The van der Waals surface area contributed by atoms with Crippen molar-refractivity contribution in [2.75, 3.05) is 13.2 Å². The molecule has 3 rings (SSSR count). The van der Waals surface area contributed by atoms with E-state index in [4.69, 9.17) is 4.74 Å². The Balaban J connectivity index is 1.43. The number of carbonyl (C=O) groups is 2. The Labute approximate surface area is 157 Å². The number of fused-ring (bicyclic) bond motifs is 1. The maximum absolute atomic E-state index is 12.8. The average molecular weight is 365 g/mol. The van der Waals surface area contributed by atoms with Gasteiger partial charge in [-0.2, -0.15) is 0 Å². The Hall–Kier alpha value is -3.21. The highest BCUT2D eigenvalue weighted by Crippen LogP contribution is 2.19. The number of benzene rings is 3. The molecule has 0 spiro atoms. The van der Waals surface area contributed by atoms with E-state index in [9.17, 15) is 14.0 Å². The van der Waals surface area contributed by atoms with Crippen molar-refractivity contribution < 1.29 is 18.7 Å². The second kappa shape index (κ2) is 8.94. The number of hydrogen-bond acceptors (Lipinski definition) is 3. The highest BCUT2D eigenvalue weighted by Gasteiger charge is 2.10. The van der Waals surface area contributed by atoms with Crippen LogP contribution in [0.2, 0.25) is 0 Å². The minimum Gasteiger partial charge on any atom is -0.455 e. The molecule has 0 unspecified atom stereocenters. The molecule has 0 aliphatic carbocycles. The van der Waals surface area contributed by atoms with Gasteiger partial charge in [-0.1, -0.05) is 54.6 Å². The summed E-state index contributed by atoms with van der Waals surface area (Å²) in [4.78, 5) is 23.9. The van der Waals surface area contributed by atoms with Gasteiger partial charge in [-0.25, -0.2) is 4.39 Å².